The number of nitrogens with one attached hydrogen (secondary N) is 1. The van der Waals surface area contributed by atoms with Crippen molar-refractivity contribution in [3.05, 3.63) is 125 Å². The summed E-state index contributed by atoms with van der Waals surface area (Å²) in [5.74, 6) is -4.06. The van der Waals surface area contributed by atoms with Gasteiger partial charge in [0, 0.05) is 49.8 Å². The highest BCUT2D eigenvalue weighted by Gasteiger charge is 2.38. The zero-order chi connectivity index (χ0) is 34.6. The van der Waals surface area contributed by atoms with Crippen molar-refractivity contribution in [3.8, 4) is 5.75 Å². The quantitative estimate of drug-likeness (QED) is 0.204. The Hall–Kier alpha value is -4.17. The molecule has 0 amide bonds. The zero-order valence-corrected chi connectivity index (χ0v) is 27.2. The number of ketones is 1. The average molecular weight is 685 g/mol. The molecule has 1 saturated heterocycles. The molecule has 3 aromatic carbocycles. The molecule has 0 spiro atoms. The standard InChI is InChI=1S/C35H36F4N4O4S/c1-21-17-41-19-28(43(21)48(45,46)30-10-8-29(47-2)9-11-30)7-12-31-24(18-42-20-32(31)39)15-33(44)35(40)34(22-3-5-25(36)6-4-22)23-13-26(37)16-27(38)14-23/h3-6,8-11,13-14,16,18,20-21,28,34-35,41H,7,12,15,17,19,40H2,1-2H3/t21-,28-,34-,35+/m0/s1. The molecule has 0 bridgehead atoms. The van der Waals surface area contributed by atoms with E-state index in [-0.39, 0.29) is 40.8 Å². The first-order valence-electron chi connectivity index (χ1n) is 15.4. The maximum absolute atomic E-state index is 15.3. The molecule has 4 aromatic rings. The minimum absolute atomic E-state index is 0.0784. The fourth-order valence-corrected chi connectivity index (χ4v) is 8.14. The van der Waals surface area contributed by atoms with Crippen LogP contribution in [-0.4, -0.2) is 61.8 Å². The van der Waals surface area contributed by atoms with Gasteiger partial charge in [-0.15, -0.1) is 0 Å². The van der Waals surface area contributed by atoms with Gasteiger partial charge >= 0.3 is 0 Å². The summed E-state index contributed by atoms with van der Waals surface area (Å²) in [7, 11) is -2.44. The zero-order valence-electron chi connectivity index (χ0n) is 26.4. The summed E-state index contributed by atoms with van der Waals surface area (Å²) < 4.78 is 91.7. The SMILES string of the molecule is COc1ccc(S(=O)(=O)N2[C@@H](CCc3c(F)cncc3CC(=O)[C@@H](N)[C@@H](c3ccc(F)cc3)c3cc(F)cc(F)c3)CNC[C@@H]2C)cc1. The second-order valence-electron chi connectivity index (χ2n) is 11.9. The van der Waals surface area contributed by atoms with Crippen LogP contribution in [0.3, 0.4) is 0 Å². The predicted molar refractivity (Wildman–Crippen MR) is 172 cm³/mol. The molecule has 0 radical (unpaired) electrons. The average Bonchev–Trinajstić information content (AvgIpc) is 3.05. The molecule has 5 rings (SSSR count). The van der Waals surface area contributed by atoms with Gasteiger partial charge in [-0.25, -0.2) is 26.0 Å². The van der Waals surface area contributed by atoms with Crippen molar-refractivity contribution in [2.75, 3.05) is 20.2 Å². The Morgan fingerprint density at radius 3 is 2.27 bits per heavy atom. The summed E-state index contributed by atoms with van der Waals surface area (Å²) in [5.41, 5.74) is 7.32. The number of hydrogen-bond donors (Lipinski definition) is 2. The van der Waals surface area contributed by atoms with Crippen LogP contribution in [0.1, 0.15) is 41.5 Å². The Labute approximate surface area is 277 Å². The topological polar surface area (TPSA) is 115 Å². The Morgan fingerprint density at radius 2 is 1.62 bits per heavy atom. The number of halogens is 4. The van der Waals surface area contributed by atoms with E-state index in [2.05, 4.69) is 10.3 Å². The number of pyridine rings is 1. The van der Waals surface area contributed by atoms with E-state index < -0.39 is 63.1 Å². The number of aromatic nitrogens is 1. The molecule has 0 saturated carbocycles. The van der Waals surface area contributed by atoms with E-state index in [0.717, 1.165) is 30.5 Å². The van der Waals surface area contributed by atoms with Crippen LogP contribution in [0, 0.1) is 23.3 Å². The number of piperazine rings is 1. The molecule has 13 heteroatoms. The van der Waals surface area contributed by atoms with Gasteiger partial charge in [0.05, 0.1) is 24.2 Å². The van der Waals surface area contributed by atoms with Crippen molar-refractivity contribution in [3.63, 3.8) is 0 Å². The molecular formula is C35H36F4N4O4S. The van der Waals surface area contributed by atoms with E-state index in [4.69, 9.17) is 10.5 Å². The monoisotopic (exact) mass is 684 g/mol. The molecule has 0 unspecified atom stereocenters. The molecule has 4 atom stereocenters. The Morgan fingerprint density at radius 1 is 0.958 bits per heavy atom. The Bertz CT molecular complexity index is 1840. The lowest BCUT2D eigenvalue weighted by atomic mass is 9.82. The van der Waals surface area contributed by atoms with Crippen LogP contribution in [0.2, 0.25) is 0 Å². The number of rotatable bonds is 12. The lowest BCUT2D eigenvalue weighted by molar-refractivity contribution is -0.119. The Kier molecular flexibility index (Phi) is 10.9. The summed E-state index contributed by atoms with van der Waals surface area (Å²) in [6.07, 6.45) is 2.32. The van der Waals surface area contributed by atoms with Crippen molar-refractivity contribution in [1.29, 1.82) is 0 Å². The van der Waals surface area contributed by atoms with Gasteiger partial charge in [0.15, 0.2) is 5.78 Å². The van der Waals surface area contributed by atoms with Crippen LogP contribution in [-0.2, 0) is 27.7 Å². The summed E-state index contributed by atoms with van der Waals surface area (Å²) in [5, 5.41) is 3.24. The molecule has 1 aliphatic rings. The van der Waals surface area contributed by atoms with E-state index in [1.54, 1.807) is 19.1 Å². The molecule has 254 valence electrons. The maximum Gasteiger partial charge on any atom is 0.243 e. The fraction of sp³-hybridized carbons (Fsp3) is 0.314. The van der Waals surface area contributed by atoms with Gasteiger partial charge in [-0.3, -0.25) is 9.78 Å². The van der Waals surface area contributed by atoms with Crippen molar-refractivity contribution >= 4 is 15.8 Å². The number of nitrogens with two attached hydrogens (primary N) is 1. The van der Waals surface area contributed by atoms with E-state index in [1.165, 1.54) is 41.9 Å². The maximum atomic E-state index is 15.3. The third-order valence-electron chi connectivity index (χ3n) is 8.64. The van der Waals surface area contributed by atoms with E-state index in [0.29, 0.717) is 30.5 Å². The van der Waals surface area contributed by atoms with E-state index >= 15 is 4.39 Å². The summed E-state index contributed by atoms with van der Waals surface area (Å²) in [6.45, 7) is 2.55. The number of carbonyl (C=O) groups is 1. The molecule has 48 heavy (non-hydrogen) atoms. The van der Waals surface area contributed by atoms with Crippen molar-refractivity contribution in [1.82, 2.24) is 14.6 Å². The molecule has 8 nitrogen and oxygen atoms in total. The number of ether oxygens (including phenoxy) is 1. The minimum Gasteiger partial charge on any atom is -0.497 e. The van der Waals surface area contributed by atoms with Crippen molar-refractivity contribution in [2.45, 2.75) is 55.1 Å². The number of Topliss-reactive ketones (excluding diaryl/α,β-unsaturated/α-hetero) is 1. The molecule has 1 aromatic heterocycles. The number of carbonyl (C=O) groups excluding carboxylic acids is 1. The number of benzene rings is 3. The summed E-state index contributed by atoms with van der Waals surface area (Å²) >= 11 is 0. The first-order valence-corrected chi connectivity index (χ1v) is 16.8. The third kappa shape index (κ3) is 7.75. The number of hydrogen-bond acceptors (Lipinski definition) is 7. The highest BCUT2D eigenvalue weighted by Crippen LogP contribution is 2.31. The number of nitrogens with zero attached hydrogens (tertiary/aromatic N) is 2. The molecule has 3 N–H and O–H groups in total. The smallest absolute Gasteiger partial charge is 0.243 e. The second kappa shape index (κ2) is 14.9. The van der Waals surface area contributed by atoms with Crippen LogP contribution >= 0.6 is 0 Å². The van der Waals surface area contributed by atoms with Crippen LogP contribution in [0.5, 0.6) is 5.75 Å². The molecule has 1 aliphatic heterocycles. The normalized spacial score (nSPS) is 18.3. The molecule has 1 fully saturated rings. The number of sulfonamides is 1. The van der Waals surface area contributed by atoms with Crippen LogP contribution < -0.4 is 15.8 Å². The predicted octanol–water partition coefficient (Wildman–Crippen LogP) is 4.90. The molecular weight excluding hydrogens is 648 g/mol. The van der Waals surface area contributed by atoms with E-state index in [1.807, 2.05) is 0 Å². The van der Waals surface area contributed by atoms with Gasteiger partial charge in [-0.1, -0.05) is 12.1 Å². The lowest BCUT2D eigenvalue weighted by Crippen LogP contribution is -2.58. The van der Waals surface area contributed by atoms with Gasteiger partial charge in [0.25, 0.3) is 0 Å². The third-order valence-corrected chi connectivity index (χ3v) is 10.7. The minimum atomic E-state index is -3.93. The van der Waals surface area contributed by atoms with Crippen molar-refractivity contribution < 1.29 is 35.5 Å². The first kappa shape index (κ1) is 35.1. The fourth-order valence-electron chi connectivity index (χ4n) is 6.30. The summed E-state index contributed by atoms with van der Waals surface area (Å²) in [6, 6.07) is 11.7. The summed E-state index contributed by atoms with van der Waals surface area (Å²) in [4.78, 5) is 17.7. The van der Waals surface area contributed by atoms with Crippen LogP contribution in [0.4, 0.5) is 17.6 Å². The highest BCUT2D eigenvalue weighted by molar-refractivity contribution is 7.89. The number of methoxy groups -OCH3 is 1. The van der Waals surface area contributed by atoms with Gasteiger partial charge in [0.1, 0.15) is 29.0 Å². The van der Waals surface area contributed by atoms with Crippen LogP contribution in [0.25, 0.3) is 0 Å². The largest absolute Gasteiger partial charge is 0.497 e. The van der Waals surface area contributed by atoms with Gasteiger partial charge in [-0.05, 0) is 90.6 Å². The van der Waals surface area contributed by atoms with Gasteiger partial charge in [0.2, 0.25) is 10.0 Å². The Balaban J connectivity index is 1.39. The van der Waals surface area contributed by atoms with Crippen LogP contribution in [0.15, 0.2) is 84.0 Å². The van der Waals surface area contributed by atoms with Crippen molar-refractivity contribution in [2.24, 2.45) is 5.73 Å². The second-order valence-corrected chi connectivity index (χ2v) is 13.7. The van der Waals surface area contributed by atoms with Gasteiger partial charge < -0.3 is 15.8 Å². The highest BCUT2D eigenvalue weighted by atomic mass is 32.2. The lowest BCUT2D eigenvalue weighted by Gasteiger charge is -2.40. The van der Waals surface area contributed by atoms with E-state index in [9.17, 15) is 26.4 Å². The molecule has 0 aliphatic carbocycles. The first-order chi connectivity index (χ1) is 22.9. The van der Waals surface area contributed by atoms with Gasteiger partial charge in [-0.2, -0.15) is 4.31 Å². The molecule has 2 heterocycles.